The summed E-state index contributed by atoms with van der Waals surface area (Å²) in [6.07, 6.45) is 3.27. The largest absolute Gasteiger partial charge is 0.466 e. The molecule has 862 valence electrons. The van der Waals surface area contributed by atoms with Gasteiger partial charge in [-0.1, -0.05) is 120 Å². The predicted molar refractivity (Wildman–Crippen MR) is 564 cm³/mol. The molecule has 149 heavy (non-hydrogen) atoms. The first-order valence-electron chi connectivity index (χ1n) is 55.5. The molecular weight excluding hydrogens is 1950 g/mol. The van der Waals surface area contributed by atoms with E-state index >= 15 is 52.7 Å². The Labute approximate surface area is 895 Å². The van der Waals surface area contributed by atoms with Crippen molar-refractivity contribution in [3.63, 3.8) is 0 Å². The molecule has 0 aromatic heterocycles. The lowest BCUT2D eigenvalue weighted by atomic mass is 9.56. The number of ether oxygens (including phenoxy) is 17. The number of carbonyl (C=O) groups is 17. The maximum absolute atomic E-state index is 15.8. The SMILES string of the molecule is CCCCOC(=O)C(C)CC(CC(CC(CC(CC(CC(CC(C)(CC(C)(CC(C)(CC(C)(CC(C)(CC(C)(CC(C)(CC(C)(CSCCCCCCOC(=O)NCCOC(=O)C(C)(C)CC)C(=O)OCC)C(=O)OCC)C(=O)OCC)C(=O)OCC)C(=O)OCC)C(=O)OCC)C(=O)OCC)C(=O)OCC)C(=O)OCCCC)C(=O)OCCCC)C(=O)OCCCC)C(=O)OCCCC)C(=O)OCCCC)C(=O)OCCCC. The molecule has 35 nitrogen and oxygen atoms in total. The second kappa shape index (κ2) is 74.2. The molecular formula is C113H195NO34S. The fourth-order valence-corrected chi connectivity index (χ4v) is 20.7. The van der Waals surface area contributed by atoms with Crippen LogP contribution in [0, 0.1) is 90.2 Å². The summed E-state index contributed by atoms with van der Waals surface area (Å²) < 4.78 is 99.7. The number of nitrogens with one attached hydrogen (secondary N) is 1. The first-order valence-corrected chi connectivity index (χ1v) is 56.7. The Hall–Kier alpha value is -8.86. The van der Waals surface area contributed by atoms with E-state index in [1.165, 1.54) is 74.1 Å². The summed E-state index contributed by atoms with van der Waals surface area (Å²) in [6, 6.07) is 0. The van der Waals surface area contributed by atoms with Crippen LogP contribution in [0.25, 0.3) is 0 Å². The van der Waals surface area contributed by atoms with Crippen LogP contribution in [-0.2, 0) is 157 Å². The van der Waals surface area contributed by atoms with Crippen molar-refractivity contribution < 1.29 is 162 Å². The summed E-state index contributed by atoms with van der Waals surface area (Å²) in [5, 5.41) is 2.59. The molecule has 0 fully saturated rings. The molecule has 1 N–H and O–H groups in total. The number of carbonyl (C=O) groups excluding carboxylic acids is 17. The van der Waals surface area contributed by atoms with E-state index in [0.29, 0.717) is 115 Å². The molecule has 1 amide bonds. The number of thioether (sulfide) groups is 1. The van der Waals surface area contributed by atoms with Gasteiger partial charge >= 0.3 is 102 Å². The highest BCUT2D eigenvalue weighted by Crippen LogP contribution is 2.57. The molecule has 0 saturated heterocycles. The molecule has 0 aliphatic rings. The van der Waals surface area contributed by atoms with Gasteiger partial charge in [0, 0.05) is 5.75 Å². The maximum atomic E-state index is 15.8. The number of amides is 1. The molecule has 0 aromatic carbocycles. The lowest BCUT2D eigenvalue weighted by Gasteiger charge is -2.47. The Bertz CT molecular complexity index is 4020. The molecule has 0 spiro atoms. The van der Waals surface area contributed by atoms with E-state index in [9.17, 15) is 28.8 Å². The third-order valence-corrected chi connectivity index (χ3v) is 28.7. The van der Waals surface area contributed by atoms with Crippen molar-refractivity contribution in [1.82, 2.24) is 5.32 Å². The molecule has 0 radical (unpaired) electrons. The summed E-state index contributed by atoms with van der Waals surface area (Å²) in [5.74, 6) is -21.6. The van der Waals surface area contributed by atoms with Crippen LogP contribution in [0.15, 0.2) is 0 Å². The monoisotopic (exact) mass is 2140 g/mol. The van der Waals surface area contributed by atoms with Gasteiger partial charge in [-0.05, 0) is 284 Å². The van der Waals surface area contributed by atoms with Crippen molar-refractivity contribution in [1.29, 1.82) is 0 Å². The lowest BCUT2D eigenvalue weighted by molar-refractivity contribution is -0.177. The molecule has 0 bridgehead atoms. The van der Waals surface area contributed by atoms with Gasteiger partial charge in [0.05, 0.1) is 202 Å². The van der Waals surface area contributed by atoms with Crippen LogP contribution in [0.4, 0.5) is 4.79 Å². The normalized spacial score (nSPS) is 16.2. The van der Waals surface area contributed by atoms with Gasteiger partial charge in [-0.25, -0.2) is 4.79 Å². The summed E-state index contributed by atoms with van der Waals surface area (Å²) >= 11 is 1.44. The highest BCUT2D eigenvalue weighted by atomic mass is 32.2. The van der Waals surface area contributed by atoms with Crippen LogP contribution in [0.1, 0.15) is 399 Å². The van der Waals surface area contributed by atoms with Crippen LogP contribution >= 0.6 is 11.8 Å². The van der Waals surface area contributed by atoms with Gasteiger partial charge < -0.3 is 85.8 Å². The minimum Gasteiger partial charge on any atom is -0.466 e. The van der Waals surface area contributed by atoms with Crippen molar-refractivity contribution in [2.75, 3.05) is 130 Å². The van der Waals surface area contributed by atoms with E-state index in [2.05, 4.69) is 5.32 Å². The number of hydrogen-bond acceptors (Lipinski definition) is 35. The Kier molecular flexibility index (Phi) is 69.8. The van der Waals surface area contributed by atoms with Crippen molar-refractivity contribution in [3.05, 3.63) is 0 Å². The topological polar surface area (TPSA) is 459 Å². The van der Waals surface area contributed by atoms with Gasteiger partial charge in [0.25, 0.3) is 0 Å². The number of unbranched alkanes of at least 4 members (excludes halogenated alkanes) is 10. The zero-order valence-corrected chi connectivity index (χ0v) is 97.1. The molecule has 0 aliphatic heterocycles. The Morgan fingerprint density at radius 3 is 0.732 bits per heavy atom. The van der Waals surface area contributed by atoms with Gasteiger partial charge in [0.1, 0.15) is 6.61 Å². The standard InChI is InChI=1S/C113H195NO34S/c1-28-44-56-140-88(115)81(17)66-82(89(116)141-57-45-29-2)67-83(90(117)142-58-46-30-3)68-84(91(118)143-59-47-31-4)69-85(92(119)144-60-48-32-5)70-86(93(120)145-61-49-33-6)71-87(94(121)146-62-50-34-7)72-106(20,96(123)132-36-9)73-107(21,97(124)133-37-10)74-108(22,98(125)134-38-11)75-109(23,99(126)135-39-12)76-110(24,100(127)136-40-13)77-111(25,101(128)137-41-14)78-112(26,102(129)138-42-15)79-113(27,103(130)139-43-16)80-149-65-54-52-51-53-63-148-104(131)114-55-64-147-95(122)105(18,19)35-8/h81-87H,28-80H2,1-27H3,(H,114,131). The minimum atomic E-state index is -2.11. The number of hydrogen-bond donors (Lipinski definition) is 1. The second-order valence-corrected chi connectivity index (χ2v) is 43.8. The average Bonchev–Trinajstić information content (AvgIpc) is 0.748. The first-order chi connectivity index (χ1) is 70.3. The third kappa shape index (κ3) is 51.2. The van der Waals surface area contributed by atoms with Crippen LogP contribution < -0.4 is 5.32 Å². The molecule has 0 rings (SSSR count). The Balaban J connectivity index is 9.29. The molecule has 0 aromatic rings. The van der Waals surface area contributed by atoms with Crippen molar-refractivity contribution >= 4 is 113 Å². The molecule has 36 heteroatoms. The summed E-state index contributed by atoms with van der Waals surface area (Å²) in [6.45, 7) is 43.0. The molecule has 15 atom stereocenters. The highest BCUT2D eigenvalue weighted by Gasteiger charge is 2.61. The van der Waals surface area contributed by atoms with E-state index in [4.69, 9.17) is 80.5 Å². The zero-order chi connectivity index (χ0) is 113. The molecule has 0 heterocycles. The summed E-state index contributed by atoms with van der Waals surface area (Å²) in [7, 11) is 0. The quantitative estimate of drug-likeness (QED) is 0.0336. The van der Waals surface area contributed by atoms with Crippen molar-refractivity contribution in [3.8, 4) is 0 Å². The Morgan fingerprint density at radius 1 is 0.228 bits per heavy atom. The van der Waals surface area contributed by atoms with Crippen LogP contribution in [0.2, 0.25) is 0 Å². The van der Waals surface area contributed by atoms with Gasteiger partial charge in [-0.15, -0.1) is 0 Å². The minimum absolute atomic E-state index is 0.00744. The van der Waals surface area contributed by atoms with Crippen LogP contribution in [0.3, 0.4) is 0 Å². The van der Waals surface area contributed by atoms with Gasteiger partial charge in [-0.3, -0.25) is 76.7 Å². The Morgan fingerprint density at radius 2 is 0.456 bits per heavy atom. The molecule has 0 aliphatic carbocycles. The van der Waals surface area contributed by atoms with E-state index in [1.54, 1.807) is 69.2 Å². The van der Waals surface area contributed by atoms with Gasteiger partial charge in [-0.2, -0.15) is 11.8 Å². The zero-order valence-electron chi connectivity index (χ0n) is 96.3. The number of rotatable bonds is 86. The van der Waals surface area contributed by atoms with Gasteiger partial charge in [0.2, 0.25) is 0 Å². The third-order valence-electron chi connectivity index (χ3n) is 27.3. The molecule has 15 unspecified atom stereocenters. The number of alkyl carbamates (subject to hydrolysis) is 1. The second-order valence-electron chi connectivity index (χ2n) is 42.7. The van der Waals surface area contributed by atoms with Crippen molar-refractivity contribution in [2.45, 2.75) is 399 Å². The molecule has 0 saturated carbocycles. The lowest BCUT2D eigenvalue weighted by Crippen LogP contribution is -2.51. The summed E-state index contributed by atoms with van der Waals surface area (Å²) in [4.78, 5) is 253. The fourth-order valence-electron chi connectivity index (χ4n) is 19.5. The average molecular weight is 2140 g/mol. The van der Waals surface area contributed by atoms with Crippen LogP contribution in [-0.4, -0.2) is 232 Å². The maximum Gasteiger partial charge on any atom is 0.407 e. The van der Waals surface area contributed by atoms with E-state index in [-0.39, 0.29) is 156 Å². The van der Waals surface area contributed by atoms with E-state index in [1.807, 2.05) is 55.4 Å². The highest BCUT2D eigenvalue weighted by molar-refractivity contribution is 7.99. The van der Waals surface area contributed by atoms with Gasteiger partial charge in [0.15, 0.2) is 0 Å². The smallest absolute Gasteiger partial charge is 0.407 e. The predicted octanol–water partition coefficient (Wildman–Crippen LogP) is 20.7. The first kappa shape index (κ1) is 140. The fraction of sp³-hybridized carbons (Fsp3) is 0.850. The van der Waals surface area contributed by atoms with E-state index in [0.717, 1.165) is 12.8 Å². The van der Waals surface area contributed by atoms with E-state index < -0.39 is 250 Å². The summed E-state index contributed by atoms with van der Waals surface area (Å²) in [5.41, 5.74) is -16.3. The van der Waals surface area contributed by atoms with Crippen molar-refractivity contribution in [2.24, 2.45) is 90.2 Å². The van der Waals surface area contributed by atoms with Crippen LogP contribution in [0.5, 0.6) is 0 Å². The number of esters is 16.